The predicted octanol–water partition coefficient (Wildman–Crippen LogP) is 2.98. The van der Waals surface area contributed by atoms with Gasteiger partial charge in [0.15, 0.2) is 11.5 Å². The fourth-order valence-corrected chi connectivity index (χ4v) is 2.95. The summed E-state index contributed by atoms with van der Waals surface area (Å²) in [6.07, 6.45) is 5.62. The lowest BCUT2D eigenvalue weighted by Gasteiger charge is -2.19. The highest BCUT2D eigenvalue weighted by Crippen LogP contribution is 2.44. The largest absolute Gasteiger partial charge is 0.493 e. The normalized spacial score (nSPS) is 18.7. The van der Waals surface area contributed by atoms with Crippen molar-refractivity contribution < 1.29 is 9.47 Å². The standard InChI is InChI=1S/C16H23NO2/c1-18-14-5-3-4-13(16(14)19-2)10-17-15(11-6-7-11)12-8-9-12/h3-5,11-12,15,17H,6-10H2,1-2H3. The molecule has 0 aromatic heterocycles. The van der Waals surface area contributed by atoms with Crippen LogP contribution in [0.2, 0.25) is 0 Å². The van der Waals surface area contributed by atoms with Crippen LogP contribution in [0.1, 0.15) is 31.2 Å². The summed E-state index contributed by atoms with van der Waals surface area (Å²) in [4.78, 5) is 0. The number of hydrogen-bond acceptors (Lipinski definition) is 3. The van der Waals surface area contributed by atoms with E-state index in [0.29, 0.717) is 0 Å². The minimum absolute atomic E-state index is 0.718. The lowest BCUT2D eigenvalue weighted by molar-refractivity contribution is 0.347. The van der Waals surface area contributed by atoms with E-state index < -0.39 is 0 Å². The van der Waals surface area contributed by atoms with Crippen molar-refractivity contribution in [1.29, 1.82) is 0 Å². The second-order valence-corrected chi connectivity index (χ2v) is 5.73. The van der Waals surface area contributed by atoms with Crippen LogP contribution in [0.4, 0.5) is 0 Å². The summed E-state index contributed by atoms with van der Waals surface area (Å²) in [5.41, 5.74) is 1.19. The van der Waals surface area contributed by atoms with Gasteiger partial charge < -0.3 is 14.8 Å². The third-order valence-corrected chi connectivity index (χ3v) is 4.27. The number of hydrogen-bond donors (Lipinski definition) is 1. The molecule has 3 nitrogen and oxygen atoms in total. The maximum atomic E-state index is 5.49. The van der Waals surface area contributed by atoms with Crippen molar-refractivity contribution >= 4 is 0 Å². The molecule has 1 N–H and O–H groups in total. The molecule has 0 amide bonds. The van der Waals surface area contributed by atoms with Gasteiger partial charge in [0.1, 0.15) is 0 Å². The fraction of sp³-hybridized carbons (Fsp3) is 0.625. The van der Waals surface area contributed by atoms with Crippen molar-refractivity contribution in [2.75, 3.05) is 14.2 Å². The number of ether oxygens (including phenoxy) is 2. The van der Waals surface area contributed by atoms with Crippen LogP contribution in [-0.2, 0) is 6.54 Å². The Labute approximate surface area is 115 Å². The molecule has 2 aliphatic rings. The molecule has 0 aliphatic heterocycles. The van der Waals surface area contributed by atoms with Crippen LogP contribution in [0.3, 0.4) is 0 Å². The maximum absolute atomic E-state index is 5.49. The third-order valence-electron chi connectivity index (χ3n) is 4.27. The molecule has 2 aliphatic carbocycles. The summed E-state index contributed by atoms with van der Waals surface area (Å²) in [6, 6.07) is 6.81. The van der Waals surface area contributed by atoms with Gasteiger partial charge in [-0.15, -0.1) is 0 Å². The number of methoxy groups -OCH3 is 2. The summed E-state index contributed by atoms with van der Waals surface area (Å²) < 4.78 is 10.8. The van der Waals surface area contributed by atoms with Crippen molar-refractivity contribution in [3.8, 4) is 11.5 Å². The van der Waals surface area contributed by atoms with E-state index in [1.165, 1.54) is 31.2 Å². The molecule has 19 heavy (non-hydrogen) atoms. The Morgan fingerprint density at radius 1 is 1.11 bits per heavy atom. The summed E-state index contributed by atoms with van der Waals surface area (Å²) in [5, 5.41) is 3.75. The molecule has 2 saturated carbocycles. The molecule has 0 atom stereocenters. The second kappa shape index (κ2) is 5.41. The Balaban J connectivity index is 1.68. The SMILES string of the molecule is COc1cccc(CNC(C2CC2)C2CC2)c1OC. The third kappa shape index (κ3) is 2.86. The fourth-order valence-electron chi connectivity index (χ4n) is 2.95. The minimum Gasteiger partial charge on any atom is -0.493 e. The van der Waals surface area contributed by atoms with Crippen molar-refractivity contribution in [3.05, 3.63) is 23.8 Å². The van der Waals surface area contributed by atoms with E-state index in [-0.39, 0.29) is 0 Å². The van der Waals surface area contributed by atoms with Gasteiger partial charge in [0.25, 0.3) is 0 Å². The molecule has 0 radical (unpaired) electrons. The van der Waals surface area contributed by atoms with Crippen LogP contribution in [-0.4, -0.2) is 20.3 Å². The van der Waals surface area contributed by atoms with Crippen molar-refractivity contribution in [1.82, 2.24) is 5.32 Å². The van der Waals surface area contributed by atoms with Gasteiger partial charge in [0.2, 0.25) is 0 Å². The lowest BCUT2D eigenvalue weighted by Crippen LogP contribution is -2.32. The summed E-state index contributed by atoms with van der Waals surface area (Å²) in [6.45, 7) is 0.873. The van der Waals surface area contributed by atoms with Crippen molar-refractivity contribution in [3.63, 3.8) is 0 Å². The Morgan fingerprint density at radius 3 is 2.32 bits per heavy atom. The van der Waals surface area contributed by atoms with E-state index >= 15 is 0 Å². The molecule has 0 bridgehead atoms. The first kappa shape index (κ1) is 12.8. The van der Waals surface area contributed by atoms with Crippen LogP contribution < -0.4 is 14.8 Å². The van der Waals surface area contributed by atoms with Crippen molar-refractivity contribution in [2.24, 2.45) is 11.8 Å². The maximum Gasteiger partial charge on any atom is 0.165 e. The van der Waals surface area contributed by atoms with Gasteiger partial charge in [-0.2, -0.15) is 0 Å². The van der Waals surface area contributed by atoms with Gasteiger partial charge in [-0.3, -0.25) is 0 Å². The van der Waals surface area contributed by atoms with Gasteiger partial charge in [-0.05, 0) is 43.6 Å². The van der Waals surface area contributed by atoms with Crippen LogP contribution in [0.25, 0.3) is 0 Å². The average molecular weight is 261 g/mol. The quantitative estimate of drug-likeness (QED) is 0.818. The monoisotopic (exact) mass is 261 g/mol. The average Bonchev–Trinajstić information content (AvgIpc) is 3.30. The molecule has 2 fully saturated rings. The highest BCUT2D eigenvalue weighted by molar-refractivity contribution is 5.46. The molecule has 104 valence electrons. The molecule has 0 unspecified atom stereocenters. The Bertz CT molecular complexity index is 426. The van der Waals surface area contributed by atoms with E-state index in [0.717, 1.165) is 35.9 Å². The van der Waals surface area contributed by atoms with Crippen molar-refractivity contribution in [2.45, 2.75) is 38.3 Å². The molecule has 3 heteroatoms. The summed E-state index contributed by atoms with van der Waals surface area (Å²) >= 11 is 0. The van der Waals surface area contributed by atoms with Gasteiger partial charge in [-0.1, -0.05) is 12.1 Å². The number of rotatable bonds is 7. The summed E-state index contributed by atoms with van der Waals surface area (Å²) in [7, 11) is 3.40. The summed E-state index contributed by atoms with van der Waals surface area (Å²) in [5.74, 6) is 3.52. The molecular weight excluding hydrogens is 238 g/mol. The van der Waals surface area contributed by atoms with E-state index in [1.54, 1.807) is 14.2 Å². The van der Waals surface area contributed by atoms with E-state index in [2.05, 4.69) is 11.4 Å². The van der Waals surface area contributed by atoms with Crippen LogP contribution in [0.5, 0.6) is 11.5 Å². The van der Waals surface area contributed by atoms with E-state index in [9.17, 15) is 0 Å². The number of benzene rings is 1. The molecule has 3 rings (SSSR count). The number of nitrogens with one attached hydrogen (secondary N) is 1. The molecule has 0 heterocycles. The minimum atomic E-state index is 0.718. The van der Waals surface area contributed by atoms with Gasteiger partial charge >= 0.3 is 0 Å². The zero-order chi connectivity index (χ0) is 13.2. The highest BCUT2D eigenvalue weighted by atomic mass is 16.5. The first-order chi connectivity index (χ1) is 9.33. The van der Waals surface area contributed by atoms with Gasteiger partial charge in [-0.25, -0.2) is 0 Å². The predicted molar refractivity (Wildman–Crippen MR) is 75.6 cm³/mol. The Kier molecular flexibility index (Phi) is 3.65. The van der Waals surface area contributed by atoms with Gasteiger partial charge in [0.05, 0.1) is 14.2 Å². The molecule has 1 aromatic rings. The lowest BCUT2D eigenvalue weighted by atomic mass is 10.1. The molecule has 0 spiro atoms. The topological polar surface area (TPSA) is 30.5 Å². The van der Waals surface area contributed by atoms with E-state index in [1.807, 2.05) is 12.1 Å². The first-order valence-electron chi connectivity index (χ1n) is 7.26. The smallest absolute Gasteiger partial charge is 0.165 e. The molecule has 0 saturated heterocycles. The first-order valence-corrected chi connectivity index (χ1v) is 7.26. The Hall–Kier alpha value is -1.22. The second-order valence-electron chi connectivity index (χ2n) is 5.73. The van der Waals surface area contributed by atoms with Gasteiger partial charge in [0, 0.05) is 18.2 Å². The van der Waals surface area contributed by atoms with Crippen LogP contribution in [0.15, 0.2) is 18.2 Å². The van der Waals surface area contributed by atoms with E-state index in [4.69, 9.17) is 9.47 Å². The van der Waals surface area contributed by atoms with Crippen LogP contribution in [0, 0.1) is 11.8 Å². The Morgan fingerprint density at radius 2 is 1.79 bits per heavy atom. The number of para-hydroxylation sites is 1. The van der Waals surface area contributed by atoms with Crippen LogP contribution >= 0.6 is 0 Å². The molecule has 1 aromatic carbocycles. The highest BCUT2D eigenvalue weighted by Gasteiger charge is 2.41. The zero-order valence-corrected chi connectivity index (χ0v) is 11.8. The molecular formula is C16H23NO2. The zero-order valence-electron chi connectivity index (χ0n) is 11.8.